The zero-order valence-corrected chi connectivity index (χ0v) is 9.62. The van der Waals surface area contributed by atoms with Gasteiger partial charge in [0.25, 0.3) is 0 Å². The van der Waals surface area contributed by atoms with Crippen molar-refractivity contribution in [2.24, 2.45) is 11.8 Å². The monoisotopic (exact) mass is 199 g/mol. The number of likely N-dealkylation sites (tertiary alicyclic amines) is 1. The molecule has 3 nitrogen and oxygen atoms in total. The molecule has 2 atom stereocenters. The van der Waals surface area contributed by atoms with E-state index in [0.29, 0.717) is 12.0 Å². The van der Waals surface area contributed by atoms with Crippen molar-refractivity contribution in [1.82, 2.24) is 4.90 Å². The number of piperidine rings is 1. The van der Waals surface area contributed by atoms with Crippen molar-refractivity contribution in [2.45, 2.75) is 32.7 Å². The van der Waals surface area contributed by atoms with Gasteiger partial charge in [-0.25, -0.2) is 0 Å². The molecule has 0 N–H and O–H groups in total. The molecular formula is C11H21NO2. The molecule has 1 saturated heterocycles. The summed E-state index contributed by atoms with van der Waals surface area (Å²) >= 11 is 0. The fraction of sp³-hybridized carbons (Fsp3) is 0.909. The maximum atomic E-state index is 11.4. The lowest BCUT2D eigenvalue weighted by atomic mass is 9.86. The molecule has 0 radical (unpaired) electrons. The van der Waals surface area contributed by atoms with Crippen LogP contribution in [0.1, 0.15) is 26.7 Å². The highest BCUT2D eigenvalue weighted by Gasteiger charge is 2.32. The lowest BCUT2D eigenvalue weighted by Gasteiger charge is -2.38. The van der Waals surface area contributed by atoms with Crippen LogP contribution in [-0.2, 0) is 9.53 Å². The van der Waals surface area contributed by atoms with Gasteiger partial charge in [-0.15, -0.1) is 0 Å². The summed E-state index contributed by atoms with van der Waals surface area (Å²) in [5, 5.41) is 0. The lowest BCUT2D eigenvalue weighted by molar-refractivity contribution is -0.148. The number of hydrogen-bond acceptors (Lipinski definition) is 3. The van der Waals surface area contributed by atoms with Gasteiger partial charge in [-0.05, 0) is 32.4 Å². The first-order chi connectivity index (χ1) is 6.56. The maximum absolute atomic E-state index is 11.4. The molecule has 0 aromatic heterocycles. The minimum absolute atomic E-state index is 0.0382. The number of hydrogen-bond donors (Lipinski definition) is 0. The zero-order chi connectivity index (χ0) is 10.7. The van der Waals surface area contributed by atoms with Gasteiger partial charge in [-0.1, -0.05) is 13.8 Å². The van der Waals surface area contributed by atoms with Crippen molar-refractivity contribution in [3.63, 3.8) is 0 Å². The summed E-state index contributed by atoms with van der Waals surface area (Å²) in [6, 6.07) is 0.521. The molecule has 3 heteroatoms. The summed E-state index contributed by atoms with van der Waals surface area (Å²) in [6.45, 7) is 5.42. The molecule has 0 saturated carbocycles. The van der Waals surface area contributed by atoms with E-state index in [4.69, 9.17) is 4.74 Å². The standard InChI is InChI=1S/C11H21NO2/c1-8(2)10-7-9(11(13)14-4)5-6-12(10)3/h8-10H,5-7H2,1-4H3. The van der Waals surface area contributed by atoms with Gasteiger partial charge in [0, 0.05) is 6.04 Å². The second kappa shape index (κ2) is 4.78. The van der Waals surface area contributed by atoms with Crippen LogP contribution in [0.4, 0.5) is 0 Å². The van der Waals surface area contributed by atoms with Crippen LogP contribution in [0.5, 0.6) is 0 Å². The number of ether oxygens (including phenoxy) is 1. The summed E-state index contributed by atoms with van der Waals surface area (Å²) in [6.07, 6.45) is 1.88. The third-order valence-electron chi connectivity index (χ3n) is 3.23. The van der Waals surface area contributed by atoms with Gasteiger partial charge in [-0.2, -0.15) is 0 Å². The van der Waals surface area contributed by atoms with Gasteiger partial charge in [-0.3, -0.25) is 4.79 Å². The molecule has 0 aliphatic carbocycles. The largest absolute Gasteiger partial charge is 0.469 e. The molecule has 14 heavy (non-hydrogen) atoms. The quantitative estimate of drug-likeness (QED) is 0.632. The van der Waals surface area contributed by atoms with Crippen molar-refractivity contribution >= 4 is 5.97 Å². The predicted molar refractivity (Wildman–Crippen MR) is 56.0 cm³/mol. The first kappa shape index (κ1) is 11.5. The van der Waals surface area contributed by atoms with Crippen molar-refractivity contribution in [2.75, 3.05) is 20.7 Å². The lowest BCUT2D eigenvalue weighted by Crippen LogP contribution is -2.44. The molecule has 0 aromatic rings. The van der Waals surface area contributed by atoms with Gasteiger partial charge in [0.2, 0.25) is 0 Å². The van der Waals surface area contributed by atoms with Crippen LogP contribution in [-0.4, -0.2) is 37.6 Å². The van der Waals surface area contributed by atoms with E-state index >= 15 is 0 Å². The molecule has 0 spiro atoms. The fourth-order valence-electron chi connectivity index (χ4n) is 2.28. The predicted octanol–water partition coefficient (Wildman–Crippen LogP) is 1.53. The molecule has 2 unspecified atom stereocenters. The number of carbonyl (C=O) groups excluding carboxylic acids is 1. The van der Waals surface area contributed by atoms with Crippen molar-refractivity contribution in [1.29, 1.82) is 0 Å². The normalized spacial score (nSPS) is 29.2. The van der Waals surface area contributed by atoms with Crippen LogP contribution in [0, 0.1) is 11.8 Å². The second-order valence-electron chi connectivity index (χ2n) is 4.54. The van der Waals surface area contributed by atoms with Crippen molar-refractivity contribution in [3.8, 4) is 0 Å². The van der Waals surface area contributed by atoms with E-state index in [0.717, 1.165) is 19.4 Å². The second-order valence-corrected chi connectivity index (χ2v) is 4.54. The van der Waals surface area contributed by atoms with Crippen LogP contribution >= 0.6 is 0 Å². The Labute approximate surface area is 86.4 Å². The fourth-order valence-corrected chi connectivity index (χ4v) is 2.28. The minimum atomic E-state index is -0.0382. The smallest absolute Gasteiger partial charge is 0.308 e. The molecular weight excluding hydrogens is 178 g/mol. The zero-order valence-electron chi connectivity index (χ0n) is 9.62. The molecule has 1 heterocycles. The van der Waals surface area contributed by atoms with E-state index in [2.05, 4.69) is 25.8 Å². The third-order valence-corrected chi connectivity index (χ3v) is 3.23. The number of rotatable bonds is 2. The number of esters is 1. The van der Waals surface area contributed by atoms with E-state index in [1.165, 1.54) is 7.11 Å². The highest BCUT2D eigenvalue weighted by molar-refractivity contribution is 5.72. The van der Waals surface area contributed by atoms with E-state index in [-0.39, 0.29) is 11.9 Å². The third kappa shape index (κ3) is 2.47. The van der Waals surface area contributed by atoms with Gasteiger partial charge < -0.3 is 9.64 Å². The summed E-state index contributed by atoms with van der Waals surface area (Å²) < 4.78 is 4.80. The highest BCUT2D eigenvalue weighted by Crippen LogP contribution is 2.26. The van der Waals surface area contributed by atoms with E-state index < -0.39 is 0 Å². The Morgan fingerprint density at radius 3 is 2.64 bits per heavy atom. The Morgan fingerprint density at radius 1 is 1.50 bits per heavy atom. The summed E-state index contributed by atoms with van der Waals surface area (Å²) in [4.78, 5) is 13.8. The van der Waals surface area contributed by atoms with Gasteiger partial charge in [0.15, 0.2) is 0 Å². The minimum Gasteiger partial charge on any atom is -0.469 e. The molecule has 1 aliphatic heterocycles. The SMILES string of the molecule is COC(=O)C1CCN(C)C(C(C)C)C1. The average Bonchev–Trinajstić information content (AvgIpc) is 2.17. The van der Waals surface area contributed by atoms with E-state index in [1.54, 1.807) is 0 Å². The Kier molecular flexibility index (Phi) is 3.93. The first-order valence-corrected chi connectivity index (χ1v) is 5.34. The van der Waals surface area contributed by atoms with Gasteiger partial charge in [0.1, 0.15) is 0 Å². The molecule has 82 valence electrons. The van der Waals surface area contributed by atoms with Crippen LogP contribution in [0.25, 0.3) is 0 Å². The van der Waals surface area contributed by atoms with Crippen molar-refractivity contribution < 1.29 is 9.53 Å². The molecule has 0 amide bonds. The van der Waals surface area contributed by atoms with Gasteiger partial charge >= 0.3 is 5.97 Å². The van der Waals surface area contributed by atoms with Crippen LogP contribution in [0.3, 0.4) is 0 Å². The Morgan fingerprint density at radius 2 is 2.14 bits per heavy atom. The number of nitrogens with zero attached hydrogens (tertiary/aromatic N) is 1. The molecule has 1 aliphatic rings. The van der Waals surface area contributed by atoms with Crippen LogP contribution < -0.4 is 0 Å². The van der Waals surface area contributed by atoms with E-state index in [1.807, 2.05) is 0 Å². The molecule has 0 aromatic carbocycles. The maximum Gasteiger partial charge on any atom is 0.308 e. The van der Waals surface area contributed by atoms with Gasteiger partial charge in [0.05, 0.1) is 13.0 Å². The highest BCUT2D eigenvalue weighted by atomic mass is 16.5. The Hall–Kier alpha value is -0.570. The molecule has 0 bridgehead atoms. The Balaban J connectivity index is 2.57. The molecule has 1 fully saturated rings. The summed E-state index contributed by atoms with van der Waals surface area (Å²) in [5.74, 6) is 0.680. The van der Waals surface area contributed by atoms with Crippen molar-refractivity contribution in [3.05, 3.63) is 0 Å². The summed E-state index contributed by atoms with van der Waals surface area (Å²) in [5.41, 5.74) is 0. The average molecular weight is 199 g/mol. The van der Waals surface area contributed by atoms with Crippen LogP contribution in [0.2, 0.25) is 0 Å². The number of carbonyl (C=O) groups is 1. The Bertz CT molecular complexity index is 203. The summed E-state index contributed by atoms with van der Waals surface area (Å²) in [7, 11) is 3.61. The number of methoxy groups -OCH3 is 1. The van der Waals surface area contributed by atoms with Crippen LogP contribution in [0.15, 0.2) is 0 Å². The van der Waals surface area contributed by atoms with E-state index in [9.17, 15) is 4.79 Å². The first-order valence-electron chi connectivity index (χ1n) is 5.34. The molecule has 1 rings (SSSR count). The topological polar surface area (TPSA) is 29.5 Å².